The van der Waals surface area contributed by atoms with Crippen LogP contribution in [0, 0.1) is 6.92 Å². The van der Waals surface area contributed by atoms with Gasteiger partial charge in [0.05, 0.1) is 54.0 Å². The lowest BCUT2D eigenvalue weighted by molar-refractivity contribution is -0.179. The number of aromatic nitrogens is 7. The van der Waals surface area contributed by atoms with Gasteiger partial charge in [0.25, 0.3) is 6.01 Å². The zero-order valence-corrected chi connectivity index (χ0v) is 29.9. The molecule has 0 radical (unpaired) electrons. The molecule has 0 saturated carbocycles. The van der Waals surface area contributed by atoms with Gasteiger partial charge in [-0.15, -0.1) is 0 Å². The van der Waals surface area contributed by atoms with Gasteiger partial charge in [-0.1, -0.05) is 0 Å². The minimum atomic E-state index is -0.193. The third-order valence-corrected chi connectivity index (χ3v) is 9.98. The molecular weight excluding hydrogens is 652 g/mol. The number of rotatable bonds is 10. The molecule has 1 unspecified atom stereocenters. The highest BCUT2D eigenvalue weighted by Crippen LogP contribution is 2.39. The average molecular weight is 699 g/mol. The molecule has 15 nitrogen and oxygen atoms in total. The van der Waals surface area contributed by atoms with Crippen LogP contribution in [0.5, 0.6) is 11.8 Å². The number of ether oxygens (including phenoxy) is 4. The molecule has 270 valence electrons. The monoisotopic (exact) mass is 698 g/mol. The highest BCUT2D eigenvalue weighted by Gasteiger charge is 2.28. The summed E-state index contributed by atoms with van der Waals surface area (Å²) < 4.78 is 27.9. The first-order valence-electron chi connectivity index (χ1n) is 17.9. The summed E-state index contributed by atoms with van der Waals surface area (Å²) in [5.74, 6) is 1.48. The third kappa shape index (κ3) is 6.71. The third-order valence-electron chi connectivity index (χ3n) is 9.98. The predicted octanol–water partition coefficient (Wildman–Crippen LogP) is 3.85. The molecule has 51 heavy (non-hydrogen) atoms. The van der Waals surface area contributed by atoms with Gasteiger partial charge in [-0.25, -0.2) is 9.67 Å². The van der Waals surface area contributed by atoms with Crippen molar-refractivity contribution in [3.63, 3.8) is 0 Å². The van der Waals surface area contributed by atoms with Gasteiger partial charge in [0, 0.05) is 70.7 Å². The van der Waals surface area contributed by atoms with Crippen molar-refractivity contribution in [1.29, 1.82) is 0 Å². The van der Waals surface area contributed by atoms with Gasteiger partial charge in [-0.2, -0.15) is 15.1 Å². The molecule has 15 heteroatoms. The van der Waals surface area contributed by atoms with E-state index in [0.717, 1.165) is 102 Å². The normalized spacial score (nSPS) is 19.3. The van der Waals surface area contributed by atoms with Crippen molar-refractivity contribution >= 4 is 27.8 Å². The molecule has 1 atom stereocenters. The number of hydrogen-bond acceptors (Lipinski definition) is 13. The number of hydroxylamine groups is 2. The fraction of sp³-hybridized carbons (Fsp3) is 0.528. The molecule has 0 amide bonds. The molecule has 3 aliphatic rings. The van der Waals surface area contributed by atoms with Gasteiger partial charge in [0.1, 0.15) is 30.2 Å². The lowest BCUT2D eigenvalue weighted by atomic mass is 10.1. The van der Waals surface area contributed by atoms with Gasteiger partial charge >= 0.3 is 0 Å². The molecule has 3 fully saturated rings. The van der Waals surface area contributed by atoms with Crippen molar-refractivity contribution in [2.24, 2.45) is 7.05 Å². The number of pyridine rings is 3. The number of nitrogens with zero attached hydrogens (tertiary/aromatic N) is 10. The van der Waals surface area contributed by atoms with E-state index in [1.807, 2.05) is 34.3 Å². The SMILES string of the molecule is COc1ccncc1-c1cc2c(-c3cc4c(nc(OCCON5CCN(C)CC5)n4C)c(N4CCOCC4)n3)nn(C3CCCCO3)c2c(C)n1. The van der Waals surface area contributed by atoms with Crippen LogP contribution >= 0.6 is 0 Å². The Balaban J connectivity index is 1.22. The highest BCUT2D eigenvalue weighted by atomic mass is 16.7. The van der Waals surface area contributed by atoms with Gasteiger partial charge in [0.15, 0.2) is 12.0 Å². The fourth-order valence-electron chi connectivity index (χ4n) is 7.16. The Bertz CT molecular complexity index is 1990. The Hall–Kier alpha value is -4.41. The summed E-state index contributed by atoms with van der Waals surface area (Å²) in [5, 5.41) is 8.22. The molecule has 0 aromatic carbocycles. The zero-order chi connectivity index (χ0) is 34.9. The summed E-state index contributed by atoms with van der Waals surface area (Å²) in [5.41, 5.74) is 6.46. The maximum absolute atomic E-state index is 6.28. The van der Waals surface area contributed by atoms with Crippen molar-refractivity contribution in [3.8, 4) is 34.4 Å². The Morgan fingerprint density at radius 3 is 2.55 bits per heavy atom. The number of likely N-dealkylation sites (N-methyl/N-ethyl adjacent to an activating group) is 1. The van der Waals surface area contributed by atoms with E-state index in [1.54, 1.807) is 19.5 Å². The molecule has 5 aromatic rings. The van der Waals surface area contributed by atoms with E-state index in [1.165, 1.54) is 0 Å². The van der Waals surface area contributed by atoms with Crippen LogP contribution in [0.3, 0.4) is 0 Å². The van der Waals surface area contributed by atoms with E-state index in [2.05, 4.69) is 34.0 Å². The van der Waals surface area contributed by atoms with Crippen LogP contribution in [0.2, 0.25) is 0 Å². The molecule has 3 saturated heterocycles. The zero-order valence-electron chi connectivity index (χ0n) is 29.9. The van der Waals surface area contributed by atoms with Gasteiger partial charge in [-0.3, -0.25) is 19.4 Å². The average Bonchev–Trinajstić information content (AvgIpc) is 3.72. The Kier molecular flexibility index (Phi) is 9.70. The largest absolute Gasteiger partial charge is 0.496 e. The topological polar surface area (TPSA) is 130 Å². The minimum absolute atomic E-state index is 0.193. The van der Waals surface area contributed by atoms with Crippen molar-refractivity contribution in [1.82, 2.24) is 44.2 Å². The van der Waals surface area contributed by atoms with Gasteiger partial charge in [0.2, 0.25) is 0 Å². The quantitative estimate of drug-likeness (QED) is 0.196. The van der Waals surface area contributed by atoms with Crippen molar-refractivity contribution in [2.75, 3.05) is 91.4 Å². The van der Waals surface area contributed by atoms with Crippen molar-refractivity contribution < 1.29 is 23.8 Å². The second-order valence-corrected chi connectivity index (χ2v) is 13.3. The van der Waals surface area contributed by atoms with Crippen LogP contribution < -0.4 is 14.4 Å². The lowest BCUT2D eigenvalue weighted by Crippen LogP contribution is -2.44. The lowest BCUT2D eigenvalue weighted by Gasteiger charge is -2.31. The second kappa shape index (κ2) is 14.7. The van der Waals surface area contributed by atoms with E-state index in [4.69, 9.17) is 43.8 Å². The van der Waals surface area contributed by atoms with Crippen LogP contribution in [-0.4, -0.2) is 131 Å². The molecule has 0 N–H and O–H groups in total. The number of imidazole rings is 1. The maximum atomic E-state index is 6.28. The Labute approximate surface area is 297 Å². The Morgan fingerprint density at radius 2 is 1.76 bits per heavy atom. The second-order valence-electron chi connectivity index (χ2n) is 13.3. The molecule has 3 aliphatic heterocycles. The summed E-state index contributed by atoms with van der Waals surface area (Å²) in [6, 6.07) is 6.49. The van der Waals surface area contributed by atoms with Crippen LogP contribution in [0.1, 0.15) is 31.2 Å². The summed E-state index contributed by atoms with van der Waals surface area (Å²) in [7, 11) is 5.77. The molecule has 0 spiro atoms. The van der Waals surface area contributed by atoms with E-state index in [0.29, 0.717) is 57.9 Å². The van der Waals surface area contributed by atoms with Crippen molar-refractivity contribution in [2.45, 2.75) is 32.4 Å². The summed E-state index contributed by atoms with van der Waals surface area (Å²) in [6.45, 7) is 9.91. The summed E-state index contributed by atoms with van der Waals surface area (Å²) >= 11 is 0. The fourth-order valence-corrected chi connectivity index (χ4v) is 7.16. The summed E-state index contributed by atoms with van der Waals surface area (Å²) in [6.07, 6.45) is 6.30. The van der Waals surface area contributed by atoms with Crippen LogP contribution in [0.25, 0.3) is 44.6 Å². The number of aryl methyl sites for hydroxylation is 2. The molecule has 0 bridgehead atoms. The number of morpholine rings is 1. The number of piperazine rings is 1. The van der Waals surface area contributed by atoms with E-state index < -0.39 is 0 Å². The molecule has 8 rings (SSSR count). The van der Waals surface area contributed by atoms with Crippen LogP contribution in [-0.2, 0) is 21.4 Å². The van der Waals surface area contributed by atoms with Crippen molar-refractivity contribution in [3.05, 3.63) is 36.3 Å². The summed E-state index contributed by atoms with van der Waals surface area (Å²) in [4.78, 5) is 30.3. The predicted molar refractivity (Wildman–Crippen MR) is 192 cm³/mol. The van der Waals surface area contributed by atoms with Gasteiger partial charge in [-0.05, 0) is 51.4 Å². The highest BCUT2D eigenvalue weighted by molar-refractivity contribution is 5.99. The van der Waals surface area contributed by atoms with Gasteiger partial charge < -0.3 is 28.7 Å². The number of methoxy groups -OCH3 is 1. The first-order valence-corrected chi connectivity index (χ1v) is 17.9. The van der Waals surface area contributed by atoms with E-state index >= 15 is 0 Å². The smallest absolute Gasteiger partial charge is 0.297 e. The number of hydrogen-bond donors (Lipinski definition) is 0. The van der Waals surface area contributed by atoms with Crippen LogP contribution in [0.4, 0.5) is 5.82 Å². The van der Waals surface area contributed by atoms with Crippen LogP contribution in [0.15, 0.2) is 30.6 Å². The first-order chi connectivity index (χ1) is 25.0. The molecular formula is C36H46N10O5. The molecule has 5 aromatic heterocycles. The standard InChI is InChI=1S/C36H46N10O5/c1-24-34-25(21-27(38-24)26-23-37-9-8-30(26)47-4)32(41-46(34)31-7-5-6-16-49-31)28-22-29-33(35(39-28)44-14-17-48-18-15-44)40-36(43(29)3)50-19-20-51-45-12-10-42(2)11-13-45/h8-9,21-23,31H,5-7,10-20H2,1-4H3. The number of anilines is 1. The first kappa shape index (κ1) is 33.7. The minimum Gasteiger partial charge on any atom is -0.496 e. The number of fused-ring (bicyclic) bond motifs is 2. The maximum Gasteiger partial charge on any atom is 0.297 e. The van der Waals surface area contributed by atoms with E-state index in [9.17, 15) is 0 Å². The molecule has 0 aliphatic carbocycles. The Morgan fingerprint density at radius 1 is 0.922 bits per heavy atom. The molecule has 8 heterocycles. The van der Waals surface area contributed by atoms with E-state index in [-0.39, 0.29) is 6.23 Å².